The van der Waals surface area contributed by atoms with Crippen LogP contribution in [0.4, 0.5) is 0 Å². The van der Waals surface area contributed by atoms with E-state index >= 15 is 0 Å². The van der Waals surface area contributed by atoms with Gasteiger partial charge in [-0.1, -0.05) is 40.0 Å². The second-order valence-electron chi connectivity index (χ2n) is 4.38. The van der Waals surface area contributed by atoms with Crippen LogP contribution in [0.3, 0.4) is 0 Å². The van der Waals surface area contributed by atoms with E-state index in [4.69, 9.17) is 5.11 Å². The van der Waals surface area contributed by atoms with Crippen LogP contribution in [0.5, 0.6) is 0 Å². The molecule has 0 fully saturated rings. The Morgan fingerprint density at radius 2 is 1.86 bits per heavy atom. The molecule has 86 valence electrons. The second-order valence-corrected chi connectivity index (χ2v) is 4.38. The maximum atomic E-state index is 8.89. The largest absolute Gasteiger partial charge is 0.396 e. The molecule has 0 aliphatic rings. The lowest BCUT2D eigenvalue weighted by Gasteiger charge is -2.21. The molecule has 2 nitrogen and oxygen atoms in total. The number of nitrogens with one attached hydrogen (secondary N) is 1. The topological polar surface area (TPSA) is 32.3 Å². The summed E-state index contributed by atoms with van der Waals surface area (Å²) in [6, 6.07) is 0.488. The summed E-state index contributed by atoms with van der Waals surface area (Å²) in [7, 11) is 0. The highest BCUT2D eigenvalue weighted by molar-refractivity contribution is 4.69. The first-order chi connectivity index (χ1) is 6.72. The summed E-state index contributed by atoms with van der Waals surface area (Å²) in [5, 5.41) is 12.4. The molecule has 0 bridgehead atoms. The van der Waals surface area contributed by atoms with Crippen LogP contribution in [0, 0.1) is 5.92 Å². The van der Waals surface area contributed by atoms with Crippen molar-refractivity contribution in [2.75, 3.05) is 13.2 Å². The Labute approximate surface area is 89.1 Å². The Hall–Kier alpha value is -0.0800. The minimum atomic E-state index is 0.296. The smallest absolute Gasteiger partial charge is 0.0445 e. The quantitative estimate of drug-likeness (QED) is 0.562. The van der Waals surface area contributed by atoms with Crippen LogP contribution < -0.4 is 5.32 Å². The predicted molar refractivity (Wildman–Crippen MR) is 62.5 cm³/mol. The Kier molecular flexibility index (Phi) is 9.42. The van der Waals surface area contributed by atoms with E-state index in [2.05, 4.69) is 26.1 Å². The zero-order chi connectivity index (χ0) is 10.8. The van der Waals surface area contributed by atoms with E-state index < -0.39 is 0 Å². The minimum Gasteiger partial charge on any atom is -0.396 e. The molecule has 0 aromatic rings. The van der Waals surface area contributed by atoms with E-state index in [9.17, 15) is 0 Å². The van der Waals surface area contributed by atoms with Gasteiger partial charge >= 0.3 is 0 Å². The average molecular weight is 201 g/mol. The van der Waals surface area contributed by atoms with Crippen LogP contribution >= 0.6 is 0 Å². The second kappa shape index (κ2) is 9.47. The number of aliphatic hydroxyl groups is 1. The van der Waals surface area contributed by atoms with Crippen molar-refractivity contribution in [3.63, 3.8) is 0 Å². The highest BCUT2D eigenvalue weighted by Crippen LogP contribution is 2.06. The maximum Gasteiger partial charge on any atom is 0.0445 e. The van der Waals surface area contributed by atoms with Gasteiger partial charge < -0.3 is 10.4 Å². The van der Waals surface area contributed by atoms with Gasteiger partial charge in [-0.05, 0) is 25.3 Å². The summed E-state index contributed by atoms with van der Waals surface area (Å²) in [5.41, 5.74) is 0. The highest BCUT2D eigenvalue weighted by atomic mass is 16.3. The van der Waals surface area contributed by atoms with Crippen molar-refractivity contribution in [1.29, 1.82) is 0 Å². The zero-order valence-corrected chi connectivity index (χ0v) is 10.1. The van der Waals surface area contributed by atoms with Crippen molar-refractivity contribution in [2.24, 2.45) is 5.92 Å². The van der Waals surface area contributed by atoms with Crippen LogP contribution in [0.25, 0.3) is 0 Å². The fourth-order valence-electron chi connectivity index (χ4n) is 1.65. The molecule has 14 heavy (non-hydrogen) atoms. The van der Waals surface area contributed by atoms with Gasteiger partial charge in [0.15, 0.2) is 0 Å². The molecular formula is C12H27NO. The van der Waals surface area contributed by atoms with Gasteiger partial charge in [0, 0.05) is 12.6 Å². The van der Waals surface area contributed by atoms with E-state index in [-0.39, 0.29) is 0 Å². The summed E-state index contributed by atoms with van der Waals surface area (Å²) < 4.78 is 0. The lowest BCUT2D eigenvalue weighted by molar-refractivity contribution is 0.244. The summed E-state index contributed by atoms with van der Waals surface area (Å²) in [6.45, 7) is 8.04. The molecule has 0 aromatic heterocycles. The molecule has 0 aliphatic heterocycles. The molecule has 0 rings (SSSR count). The number of rotatable bonds is 9. The Bertz CT molecular complexity index is 115. The normalized spacial score (nSPS) is 13.5. The van der Waals surface area contributed by atoms with Crippen LogP contribution in [0.1, 0.15) is 52.9 Å². The molecule has 0 spiro atoms. The molecule has 0 amide bonds. The number of hydrogen-bond donors (Lipinski definition) is 2. The fraction of sp³-hybridized carbons (Fsp3) is 1.00. The van der Waals surface area contributed by atoms with Gasteiger partial charge in [-0.15, -0.1) is 0 Å². The van der Waals surface area contributed by atoms with Gasteiger partial charge in [0.25, 0.3) is 0 Å². The predicted octanol–water partition coefficient (Wildman–Crippen LogP) is 2.56. The molecule has 1 unspecified atom stereocenters. The molecule has 0 aromatic carbocycles. The molecular weight excluding hydrogens is 174 g/mol. The minimum absolute atomic E-state index is 0.296. The van der Waals surface area contributed by atoms with Gasteiger partial charge in [0.1, 0.15) is 0 Å². The molecule has 0 saturated carbocycles. The summed E-state index contributed by atoms with van der Waals surface area (Å²) in [5.74, 6) is 0.619. The standard InChI is InChI=1S/C12H27NO/c1-4-5-6-7-9-13-12(8-10-14)11(2)3/h11-14H,4-10H2,1-3H3. The van der Waals surface area contributed by atoms with Crippen molar-refractivity contribution in [1.82, 2.24) is 5.32 Å². The lowest BCUT2D eigenvalue weighted by atomic mass is 10.0. The summed E-state index contributed by atoms with van der Waals surface area (Å²) in [4.78, 5) is 0. The third-order valence-corrected chi connectivity index (χ3v) is 2.68. The molecule has 0 saturated heterocycles. The molecule has 1 atom stereocenters. The first-order valence-electron chi connectivity index (χ1n) is 6.06. The van der Waals surface area contributed by atoms with Crippen molar-refractivity contribution < 1.29 is 5.11 Å². The Morgan fingerprint density at radius 3 is 2.36 bits per heavy atom. The third kappa shape index (κ3) is 7.34. The Morgan fingerprint density at radius 1 is 1.14 bits per heavy atom. The number of aliphatic hydroxyl groups excluding tert-OH is 1. The highest BCUT2D eigenvalue weighted by Gasteiger charge is 2.10. The van der Waals surface area contributed by atoms with E-state index in [1.165, 1.54) is 25.7 Å². The molecule has 0 radical (unpaired) electrons. The zero-order valence-electron chi connectivity index (χ0n) is 10.1. The van der Waals surface area contributed by atoms with Gasteiger partial charge in [0.05, 0.1) is 0 Å². The molecule has 2 N–H and O–H groups in total. The van der Waals surface area contributed by atoms with Crippen molar-refractivity contribution in [3.8, 4) is 0 Å². The van der Waals surface area contributed by atoms with Gasteiger partial charge in [-0.25, -0.2) is 0 Å². The SMILES string of the molecule is CCCCCCNC(CCO)C(C)C. The average Bonchev–Trinajstić information content (AvgIpc) is 2.15. The monoisotopic (exact) mass is 201 g/mol. The maximum absolute atomic E-state index is 8.89. The molecule has 2 heteroatoms. The first-order valence-corrected chi connectivity index (χ1v) is 6.06. The van der Waals surface area contributed by atoms with E-state index in [1.807, 2.05) is 0 Å². The van der Waals surface area contributed by atoms with E-state index in [1.54, 1.807) is 0 Å². The summed E-state index contributed by atoms with van der Waals surface area (Å²) in [6.07, 6.45) is 6.11. The van der Waals surface area contributed by atoms with E-state index in [0.29, 0.717) is 18.6 Å². The van der Waals surface area contributed by atoms with Crippen LogP contribution in [0.2, 0.25) is 0 Å². The van der Waals surface area contributed by atoms with Crippen molar-refractivity contribution in [2.45, 2.75) is 58.9 Å². The fourth-order valence-corrected chi connectivity index (χ4v) is 1.65. The third-order valence-electron chi connectivity index (χ3n) is 2.68. The molecule has 0 aliphatic carbocycles. The first kappa shape index (κ1) is 13.9. The van der Waals surface area contributed by atoms with E-state index in [0.717, 1.165) is 13.0 Å². The van der Waals surface area contributed by atoms with Gasteiger partial charge in [-0.2, -0.15) is 0 Å². The summed E-state index contributed by atoms with van der Waals surface area (Å²) >= 11 is 0. The van der Waals surface area contributed by atoms with Crippen LogP contribution in [-0.2, 0) is 0 Å². The lowest BCUT2D eigenvalue weighted by Crippen LogP contribution is -2.35. The molecule has 0 heterocycles. The van der Waals surface area contributed by atoms with Gasteiger partial charge in [0.2, 0.25) is 0 Å². The van der Waals surface area contributed by atoms with Gasteiger partial charge in [-0.3, -0.25) is 0 Å². The van der Waals surface area contributed by atoms with Crippen LogP contribution in [0.15, 0.2) is 0 Å². The number of hydrogen-bond acceptors (Lipinski definition) is 2. The van der Waals surface area contributed by atoms with Crippen molar-refractivity contribution >= 4 is 0 Å². The number of unbranched alkanes of at least 4 members (excludes halogenated alkanes) is 3. The van der Waals surface area contributed by atoms with Crippen molar-refractivity contribution in [3.05, 3.63) is 0 Å². The van der Waals surface area contributed by atoms with Crippen LogP contribution in [-0.4, -0.2) is 24.3 Å². The Balaban J connectivity index is 3.41.